The SMILES string of the molecule is CCN(CC)CCNC(=O)N[C@@H](CCO)C(=O)O. The van der Waals surface area contributed by atoms with Gasteiger partial charge < -0.3 is 25.7 Å². The number of carbonyl (C=O) groups excluding carboxylic acids is 1. The first-order valence-corrected chi connectivity index (χ1v) is 6.15. The number of hydrogen-bond acceptors (Lipinski definition) is 4. The minimum absolute atomic E-state index is 0.00119. The van der Waals surface area contributed by atoms with Gasteiger partial charge in [-0.1, -0.05) is 13.8 Å². The van der Waals surface area contributed by atoms with E-state index in [1.165, 1.54) is 0 Å². The predicted molar refractivity (Wildman–Crippen MR) is 67.4 cm³/mol. The number of likely N-dealkylation sites (N-methyl/N-ethyl adjacent to an activating group) is 1. The van der Waals surface area contributed by atoms with Crippen molar-refractivity contribution in [2.45, 2.75) is 26.3 Å². The summed E-state index contributed by atoms with van der Waals surface area (Å²) in [6, 6.07) is -1.58. The van der Waals surface area contributed by atoms with Crippen molar-refractivity contribution < 1.29 is 19.8 Å². The molecule has 0 aliphatic heterocycles. The van der Waals surface area contributed by atoms with Crippen LogP contribution < -0.4 is 10.6 Å². The second-order valence-corrected chi connectivity index (χ2v) is 3.83. The molecule has 2 amide bonds. The van der Waals surface area contributed by atoms with Gasteiger partial charge in [0.25, 0.3) is 0 Å². The number of carboxylic acids is 1. The molecule has 7 nitrogen and oxygen atoms in total. The Hall–Kier alpha value is -1.34. The Balaban J connectivity index is 3.91. The molecule has 0 saturated carbocycles. The van der Waals surface area contributed by atoms with Crippen LogP contribution in [0.3, 0.4) is 0 Å². The molecule has 0 unspecified atom stereocenters. The van der Waals surface area contributed by atoms with Crippen LogP contribution in [-0.4, -0.2) is 65.9 Å². The molecule has 0 aliphatic rings. The Morgan fingerprint density at radius 3 is 2.33 bits per heavy atom. The van der Waals surface area contributed by atoms with Gasteiger partial charge in [0.1, 0.15) is 6.04 Å². The Morgan fingerprint density at radius 1 is 1.28 bits per heavy atom. The van der Waals surface area contributed by atoms with E-state index < -0.39 is 18.0 Å². The summed E-state index contributed by atoms with van der Waals surface area (Å²) in [7, 11) is 0. The van der Waals surface area contributed by atoms with Crippen LogP contribution in [0.2, 0.25) is 0 Å². The zero-order valence-corrected chi connectivity index (χ0v) is 11.0. The van der Waals surface area contributed by atoms with Crippen molar-refractivity contribution >= 4 is 12.0 Å². The Bertz CT molecular complexity index is 257. The van der Waals surface area contributed by atoms with Gasteiger partial charge in [-0.25, -0.2) is 9.59 Å². The van der Waals surface area contributed by atoms with Gasteiger partial charge in [-0.15, -0.1) is 0 Å². The van der Waals surface area contributed by atoms with Gasteiger partial charge in [0.2, 0.25) is 0 Å². The second kappa shape index (κ2) is 9.67. The average Bonchev–Trinajstić information content (AvgIpc) is 2.34. The quantitative estimate of drug-likeness (QED) is 0.446. The highest BCUT2D eigenvalue weighted by molar-refractivity contribution is 5.82. The maximum Gasteiger partial charge on any atom is 0.326 e. The van der Waals surface area contributed by atoms with E-state index >= 15 is 0 Å². The molecule has 0 fully saturated rings. The van der Waals surface area contributed by atoms with Crippen molar-refractivity contribution in [1.82, 2.24) is 15.5 Å². The molecule has 0 spiro atoms. The third-order valence-corrected chi connectivity index (χ3v) is 2.63. The van der Waals surface area contributed by atoms with Crippen molar-refractivity contribution in [1.29, 1.82) is 0 Å². The molecule has 0 saturated heterocycles. The number of nitrogens with zero attached hydrogens (tertiary/aromatic N) is 1. The number of hydrogen-bond donors (Lipinski definition) is 4. The van der Waals surface area contributed by atoms with Gasteiger partial charge in [0, 0.05) is 26.1 Å². The number of amides is 2. The van der Waals surface area contributed by atoms with Crippen molar-refractivity contribution in [2.24, 2.45) is 0 Å². The first-order chi connectivity index (χ1) is 8.54. The van der Waals surface area contributed by atoms with Crippen molar-refractivity contribution in [3.63, 3.8) is 0 Å². The lowest BCUT2D eigenvalue weighted by atomic mass is 10.2. The van der Waals surface area contributed by atoms with Crippen LogP contribution in [-0.2, 0) is 4.79 Å². The van der Waals surface area contributed by atoms with E-state index in [1.54, 1.807) is 0 Å². The lowest BCUT2D eigenvalue weighted by Gasteiger charge is -2.19. The molecule has 1 atom stereocenters. The fraction of sp³-hybridized carbons (Fsp3) is 0.818. The summed E-state index contributed by atoms with van der Waals surface area (Å²) < 4.78 is 0. The zero-order valence-electron chi connectivity index (χ0n) is 11.0. The third-order valence-electron chi connectivity index (χ3n) is 2.63. The molecule has 0 aliphatic carbocycles. The van der Waals surface area contributed by atoms with Crippen LogP contribution in [0.25, 0.3) is 0 Å². The van der Waals surface area contributed by atoms with Crippen molar-refractivity contribution in [3.8, 4) is 0 Å². The highest BCUT2D eigenvalue weighted by Gasteiger charge is 2.18. The predicted octanol–water partition coefficient (Wildman–Crippen LogP) is -0.537. The van der Waals surface area contributed by atoms with E-state index in [4.69, 9.17) is 10.2 Å². The van der Waals surface area contributed by atoms with Crippen molar-refractivity contribution in [3.05, 3.63) is 0 Å². The highest BCUT2D eigenvalue weighted by Crippen LogP contribution is 1.91. The first-order valence-electron chi connectivity index (χ1n) is 6.15. The molecule has 0 heterocycles. The first kappa shape index (κ1) is 16.7. The minimum atomic E-state index is -1.15. The topological polar surface area (TPSA) is 102 Å². The lowest BCUT2D eigenvalue weighted by molar-refractivity contribution is -0.139. The average molecular weight is 261 g/mol. The zero-order chi connectivity index (χ0) is 14.0. The largest absolute Gasteiger partial charge is 0.480 e. The van der Waals surface area contributed by atoms with E-state index in [1.807, 2.05) is 13.8 Å². The minimum Gasteiger partial charge on any atom is -0.480 e. The fourth-order valence-corrected chi connectivity index (χ4v) is 1.46. The summed E-state index contributed by atoms with van der Waals surface area (Å²) in [5.41, 5.74) is 0. The Morgan fingerprint density at radius 2 is 1.89 bits per heavy atom. The third kappa shape index (κ3) is 7.08. The lowest BCUT2D eigenvalue weighted by Crippen LogP contribution is -2.47. The molecule has 0 aromatic heterocycles. The van der Waals surface area contributed by atoms with E-state index in [9.17, 15) is 9.59 Å². The van der Waals surface area contributed by atoms with Gasteiger partial charge in [-0.3, -0.25) is 0 Å². The molecular weight excluding hydrogens is 238 g/mol. The number of carbonyl (C=O) groups is 2. The van der Waals surface area contributed by atoms with Gasteiger partial charge in [0.15, 0.2) is 0 Å². The highest BCUT2D eigenvalue weighted by atomic mass is 16.4. The summed E-state index contributed by atoms with van der Waals surface area (Å²) >= 11 is 0. The van der Waals surface area contributed by atoms with Crippen LogP contribution in [0.15, 0.2) is 0 Å². The number of aliphatic hydroxyl groups is 1. The maximum absolute atomic E-state index is 11.4. The van der Waals surface area contributed by atoms with E-state index in [0.717, 1.165) is 19.6 Å². The maximum atomic E-state index is 11.4. The van der Waals surface area contributed by atoms with E-state index in [2.05, 4.69) is 15.5 Å². The standard InChI is InChI=1S/C11H23N3O4/c1-3-14(4-2)7-6-12-11(18)13-9(5-8-15)10(16)17/h9,15H,3-8H2,1-2H3,(H,16,17)(H2,12,13,18)/t9-/m0/s1. The number of aliphatic carboxylic acids is 1. The molecule has 4 N–H and O–H groups in total. The summed E-state index contributed by atoms with van der Waals surface area (Å²) in [4.78, 5) is 24.3. The molecule has 0 aromatic carbocycles. The Labute approximate surface area is 107 Å². The molecule has 0 rings (SSSR count). The van der Waals surface area contributed by atoms with Gasteiger partial charge in [-0.05, 0) is 13.1 Å². The van der Waals surface area contributed by atoms with Gasteiger partial charge >= 0.3 is 12.0 Å². The molecule has 106 valence electrons. The van der Waals surface area contributed by atoms with Crippen LogP contribution in [0.4, 0.5) is 4.79 Å². The molecule has 0 aromatic rings. The molecular formula is C11H23N3O4. The molecule has 18 heavy (non-hydrogen) atoms. The molecule has 7 heteroatoms. The number of carboxylic acid groups (broad SMARTS) is 1. The number of rotatable bonds is 9. The fourth-order valence-electron chi connectivity index (χ4n) is 1.46. The van der Waals surface area contributed by atoms with Crippen LogP contribution in [0.1, 0.15) is 20.3 Å². The van der Waals surface area contributed by atoms with E-state index in [-0.39, 0.29) is 13.0 Å². The smallest absolute Gasteiger partial charge is 0.326 e. The van der Waals surface area contributed by atoms with Crippen LogP contribution >= 0.6 is 0 Å². The summed E-state index contributed by atoms with van der Waals surface area (Å²) in [6.07, 6.45) is -0.00119. The second-order valence-electron chi connectivity index (χ2n) is 3.83. The van der Waals surface area contributed by atoms with Crippen LogP contribution in [0.5, 0.6) is 0 Å². The molecule has 0 radical (unpaired) electrons. The summed E-state index contributed by atoms with van der Waals surface area (Å²) in [5, 5.41) is 22.3. The van der Waals surface area contributed by atoms with E-state index in [0.29, 0.717) is 6.54 Å². The Kier molecular flexibility index (Phi) is 8.95. The monoisotopic (exact) mass is 261 g/mol. The van der Waals surface area contributed by atoms with Gasteiger partial charge in [-0.2, -0.15) is 0 Å². The number of nitrogens with one attached hydrogen (secondary N) is 2. The van der Waals surface area contributed by atoms with Crippen molar-refractivity contribution in [2.75, 3.05) is 32.8 Å². The van der Waals surface area contributed by atoms with Crippen LogP contribution in [0, 0.1) is 0 Å². The molecule has 0 bridgehead atoms. The summed E-state index contributed by atoms with van der Waals surface area (Å²) in [6.45, 7) is 6.77. The van der Waals surface area contributed by atoms with Gasteiger partial charge in [0.05, 0.1) is 0 Å². The number of aliphatic hydroxyl groups excluding tert-OH is 1. The summed E-state index contributed by atoms with van der Waals surface area (Å²) in [5.74, 6) is -1.15. The normalized spacial score (nSPS) is 12.2. The number of urea groups is 1.